The molecule has 0 aliphatic heterocycles. The number of hydrazine groups is 1. The maximum Gasteiger partial charge on any atom is 0.148 e. The van der Waals surface area contributed by atoms with Crippen molar-refractivity contribution in [3.63, 3.8) is 0 Å². The van der Waals surface area contributed by atoms with Gasteiger partial charge in [0.2, 0.25) is 0 Å². The van der Waals surface area contributed by atoms with Gasteiger partial charge in [0.25, 0.3) is 0 Å². The maximum absolute atomic E-state index is 9.38. The number of hydrogen-bond acceptors (Lipinski definition) is 6. The molecule has 1 fully saturated rings. The minimum atomic E-state index is -0.306. The highest BCUT2D eigenvalue weighted by Gasteiger charge is 2.28. The van der Waals surface area contributed by atoms with E-state index in [1.165, 1.54) is 0 Å². The monoisotopic (exact) mass is 265 g/mol. The van der Waals surface area contributed by atoms with Crippen molar-refractivity contribution < 1.29 is 5.11 Å². The lowest BCUT2D eigenvalue weighted by Crippen LogP contribution is -2.25. The number of nitrogens with one attached hydrogen (secondary N) is 1. The molecule has 0 saturated heterocycles. The lowest BCUT2D eigenvalue weighted by atomic mass is 10.2. The number of aliphatic hydroxyl groups is 1. The Morgan fingerprint density at radius 3 is 2.68 bits per heavy atom. The molecule has 1 atom stereocenters. The predicted octanol–water partition coefficient (Wildman–Crippen LogP) is 1.16. The Kier molecular flexibility index (Phi) is 4.21. The van der Waals surface area contributed by atoms with E-state index in [1.54, 1.807) is 6.92 Å². The van der Waals surface area contributed by atoms with Gasteiger partial charge in [0.15, 0.2) is 0 Å². The number of nitrogens with two attached hydrogens (primary N) is 1. The molecule has 106 valence electrons. The molecule has 0 bridgehead atoms. The van der Waals surface area contributed by atoms with Crippen LogP contribution in [0.3, 0.4) is 0 Å². The van der Waals surface area contributed by atoms with E-state index in [-0.39, 0.29) is 6.10 Å². The lowest BCUT2D eigenvalue weighted by Gasteiger charge is -2.22. The van der Waals surface area contributed by atoms with Crippen molar-refractivity contribution >= 4 is 11.6 Å². The van der Waals surface area contributed by atoms with E-state index in [1.807, 2.05) is 14.0 Å². The normalized spacial score (nSPS) is 16.3. The SMILES string of the molecule is Cc1c(NN)nc(C2CC2)nc1N(C)CCC(C)O. The zero-order valence-corrected chi connectivity index (χ0v) is 11.8. The molecule has 19 heavy (non-hydrogen) atoms. The number of anilines is 2. The maximum atomic E-state index is 9.38. The van der Waals surface area contributed by atoms with Crippen molar-refractivity contribution in [1.82, 2.24) is 9.97 Å². The van der Waals surface area contributed by atoms with E-state index in [2.05, 4.69) is 20.3 Å². The van der Waals surface area contributed by atoms with Crippen LogP contribution in [0.4, 0.5) is 11.6 Å². The van der Waals surface area contributed by atoms with Crippen molar-refractivity contribution in [2.75, 3.05) is 23.9 Å². The van der Waals surface area contributed by atoms with E-state index in [9.17, 15) is 5.11 Å². The van der Waals surface area contributed by atoms with Crippen LogP contribution in [-0.2, 0) is 0 Å². The number of rotatable bonds is 6. The van der Waals surface area contributed by atoms with Gasteiger partial charge in [-0.2, -0.15) is 0 Å². The van der Waals surface area contributed by atoms with E-state index in [0.29, 0.717) is 18.2 Å². The lowest BCUT2D eigenvalue weighted by molar-refractivity contribution is 0.187. The summed E-state index contributed by atoms with van der Waals surface area (Å²) in [6, 6.07) is 0. The van der Waals surface area contributed by atoms with Gasteiger partial charge in [-0.25, -0.2) is 15.8 Å². The minimum absolute atomic E-state index is 0.306. The van der Waals surface area contributed by atoms with Crippen molar-refractivity contribution in [2.24, 2.45) is 5.84 Å². The molecule has 6 nitrogen and oxygen atoms in total. The van der Waals surface area contributed by atoms with Gasteiger partial charge in [-0.05, 0) is 33.1 Å². The third-order valence-electron chi connectivity index (χ3n) is 3.46. The van der Waals surface area contributed by atoms with E-state index < -0.39 is 0 Å². The molecule has 1 aromatic rings. The highest BCUT2D eigenvalue weighted by Crippen LogP contribution is 2.39. The summed E-state index contributed by atoms with van der Waals surface area (Å²) < 4.78 is 0. The Labute approximate surface area is 114 Å². The van der Waals surface area contributed by atoms with Crippen LogP contribution in [0.5, 0.6) is 0 Å². The van der Waals surface area contributed by atoms with Gasteiger partial charge in [0.1, 0.15) is 17.5 Å². The zero-order valence-electron chi connectivity index (χ0n) is 11.8. The van der Waals surface area contributed by atoms with Crippen LogP contribution >= 0.6 is 0 Å². The van der Waals surface area contributed by atoms with E-state index in [4.69, 9.17) is 5.84 Å². The molecule has 1 aliphatic carbocycles. The average Bonchev–Trinajstić information content (AvgIpc) is 3.20. The first-order chi connectivity index (χ1) is 9.02. The second-order valence-electron chi connectivity index (χ2n) is 5.36. The summed E-state index contributed by atoms with van der Waals surface area (Å²) in [5, 5.41) is 9.38. The predicted molar refractivity (Wildman–Crippen MR) is 76.1 cm³/mol. The fourth-order valence-electron chi connectivity index (χ4n) is 2.04. The Hall–Kier alpha value is -1.40. The summed E-state index contributed by atoms with van der Waals surface area (Å²) in [5.41, 5.74) is 3.60. The second-order valence-corrected chi connectivity index (χ2v) is 5.36. The third-order valence-corrected chi connectivity index (χ3v) is 3.46. The molecule has 0 aromatic carbocycles. The number of nitrogen functional groups attached to an aromatic ring is 1. The van der Waals surface area contributed by atoms with Gasteiger partial charge in [-0.15, -0.1) is 0 Å². The molecule has 0 amide bonds. The fraction of sp³-hybridized carbons (Fsp3) is 0.692. The molecule has 0 radical (unpaired) electrons. The summed E-state index contributed by atoms with van der Waals surface area (Å²) in [6.07, 6.45) is 2.72. The molecule has 1 aliphatic rings. The molecule has 0 spiro atoms. The van der Waals surface area contributed by atoms with E-state index in [0.717, 1.165) is 36.6 Å². The quantitative estimate of drug-likeness (QED) is 0.528. The Balaban J connectivity index is 2.24. The van der Waals surface area contributed by atoms with Crippen LogP contribution in [0, 0.1) is 6.92 Å². The average molecular weight is 265 g/mol. The summed E-state index contributed by atoms with van der Waals surface area (Å²) in [6.45, 7) is 4.51. The number of aromatic nitrogens is 2. The van der Waals surface area contributed by atoms with Gasteiger partial charge < -0.3 is 15.4 Å². The van der Waals surface area contributed by atoms with Crippen molar-refractivity contribution in [3.8, 4) is 0 Å². The summed E-state index contributed by atoms with van der Waals surface area (Å²) >= 11 is 0. The standard InChI is InChI=1S/C13H23N5O/c1-8(19)6-7-18(3)13-9(2)11(17-14)15-12(16-13)10-4-5-10/h8,10,19H,4-7,14H2,1-3H3,(H,15,16,17). The largest absolute Gasteiger partial charge is 0.393 e. The highest BCUT2D eigenvalue weighted by atomic mass is 16.3. The molecule has 1 heterocycles. The highest BCUT2D eigenvalue weighted by molar-refractivity contribution is 5.58. The topological polar surface area (TPSA) is 87.3 Å². The first-order valence-electron chi connectivity index (χ1n) is 6.77. The van der Waals surface area contributed by atoms with Gasteiger partial charge in [-0.3, -0.25) is 0 Å². The van der Waals surface area contributed by atoms with Crippen LogP contribution in [0.1, 0.15) is 43.5 Å². The number of hydrogen-bond donors (Lipinski definition) is 3. The molecular formula is C13H23N5O. The van der Waals surface area contributed by atoms with Crippen molar-refractivity contribution in [2.45, 2.75) is 45.1 Å². The minimum Gasteiger partial charge on any atom is -0.393 e. The molecule has 6 heteroatoms. The smallest absolute Gasteiger partial charge is 0.148 e. The Morgan fingerprint density at radius 2 is 2.16 bits per heavy atom. The zero-order chi connectivity index (χ0) is 14.0. The van der Waals surface area contributed by atoms with Crippen LogP contribution in [0.25, 0.3) is 0 Å². The van der Waals surface area contributed by atoms with Gasteiger partial charge in [0, 0.05) is 25.1 Å². The molecule has 2 rings (SSSR count). The van der Waals surface area contributed by atoms with Crippen LogP contribution in [-0.4, -0.2) is 34.8 Å². The molecule has 4 N–H and O–H groups in total. The number of aliphatic hydroxyl groups excluding tert-OH is 1. The van der Waals surface area contributed by atoms with Crippen molar-refractivity contribution in [3.05, 3.63) is 11.4 Å². The fourth-order valence-corrected chi connectivity index (χ4v) is 2.04. The summed E-state index contributed by atoms with van der Waals surface area (Å²) in [4.78, 5) is 11.2. The first-order valence-corrected chi connectivity index (χ1v) is 6.77. The van der Waals surface area contributed by atoms with Gasteiger partial charge in [0.05, 0.1) is 6.10 Å². The molecule has 1 unspecified atom stereocenters. The van der Waals surface area contributed by atoms with Crippen LogP contribution in [0.2, 0.25) is 0 Å². The molecule has 1 saturated carbocycles. The second kappa shape index (κ2) is 5.71. The van der Waals surface area contributed by atoms with Crippen LogP contribution < -0.4 is 16.2 Å². The Morgan fingerprint density at radius 1 is 1.47 bits per heavy atom. The summed E-state index contributed by atoms with van der Waals surface area (Å²) in [5.74, 6) is 8.47. The van der Waals surface area contributed by atoms with Crippen LogP contribution in [0.15, 0.2) is 0 Å². The number of nitrogens with zero attached hydrogens (tertiary/aromatic N) is 3. The molecular weight excluding hydrogens is 242 g/mol. The third kappa shape index (κ3) is 3.33. The Bertz CT molecular complexity index is 445. The van der Waals surface area contributed by atoms with Gasteiger partial charge in [-0.1, -0.05) is 0 Å². The van der Waals surface area contributed by atoms with Crippen molar-refractivity contribution in [1.29, 1.82) is 0 Å². The first kappa shape index (κ1) is 14.0. The van der Waals surface area contributed by atoms with Gasteiger partial charge >= 0.3 is 0 Å². The molecule has 1 aromatic heterocycles. The summed E-state index contributed by atoms with van der Waals surface area (Å²) in [7, 11) is 1.98. The van der Waals surface area contributed by atoms with E-state index >= 15 is 0 Å².